The molecule has 13 heavy (non-hydrogen) atoms. The summed E-state index contributed by atoms with van der Waals surface area (Å²) in [7, 11) is -3.30. The van der Waals surface area contributed by atoms with Gasteiger partial charge in [-0.05, 0) is 19.3 Å². The zero-order valence-electron chi connectivity index (χ0n) is 8.43. The van der Waals surface area contributed by atoms with Gasteiger partial charge in [-0.3, -0.25) is 0 Å². The van der Waals surface area contributed by atoms with Gasteiger partial charge in [-0.15, -0.1) is 11.6 Å². The summed E-state index contributed by atoms with van der Waals surface area (Å²) in [5.41, 5.74) is -0.312. The number of halogens is 1. The van der Waals surface area contributed by atoms with Gasteiger partial charge in [0.2, 0.25) is 10.0 Å². The van der Waals surface area contributed by atoms with E-state index in [1.807, 2.05) is 20.8 Å². The van der Waals surface area contributed by atoms with Crippen LogP contribution in [-0.2, 0) is 10.0 Å². The van der Waals surface area contributed by atoms with Crippen molar-refractivity contribution in [3.05, 3.63) is 0 Å². The highest BCUT2D eigenvalue weighted by Gasteiger charge is 2.28. The largest absolute Gasteiger partial charge is 0.226 e. The Hall–Kier alpha value is 0.200. The molecule has 3 nitrogen and oxygen atoms in total. The van der Waals surface area contributed by atoms with E-state index in [9.17, 15) is 8.42 Å². The Morgan fingerprint density at radius 1 is 1.15 bits per heavy atom. The van der Waals surface area contributed by atoms with Crippen molar-refractivity contribution in [1.29, 1.82) is 0 Å². The lowest BCUT2D eigenvalue weighted by molar-refractivity contribution is 0.342. The molecule has 0 aliphatic carbocycles. The first-order valence-corrected chi connectivity index (χ1v) is 6.71. The van der Waals surface area contributed by atoms with E-state index in [1.54, 1.807) is 0 Å². The van der Waals surface area contributed by atoms with Crippen LogP contribution in [0.2, 0.25) is 0 Å². The first kappa shape index (κ1) is 13.2. The number of hydrogen-bond acceptors (Lipinski definition) is 2. The van der Waals surface area contributed by atoms with Crippen LogP contribution < -0.4 is 4.72 Å². The minimum atomic E-state index is -3.30. The van der Waals surface area contributed by atoms with Crippen LogP contribution in [0.15, 0.2) is 0 Å². The Morgan fingerprint density at radius 3 is 1.77 bits per heavy atom. The van der Waals surface area contributed by atoms with E-state index in [0.717, 1.165) is 19.3 Å². The van der Waals surface area contributed by atoms with E-state index in [0.29, 0.717) is 0 Å². The number of hydrogen-bond donors (Lipinski definition) is 1. The minimum Gasteiger partial charge on any atom is -0.211 e. The van der Waals surface area contributed by atoms with Crippen LogP contribution >= 0.6 is 11.6 Å². The predicted molar refractivity (Wildman–Crippen MR) is 56.4 cm³/mol. The van der Waals surface area contributed by atoms with Crippen LogP contribution in [0.4, 0.5) is 0 Å². The van der Waals surface area contributed by atoms with Crippen molar-refractivity contribution in [2.75, 3.05) is 5.21 Å². The zero-order chi connectivity index (χ0) is 10.5. The SMILES string of the molecule is CCC(CC)(CC)NS(=O)(=O)CCl. The second-order valence-corrected chi connectivity index (χ2v) is 5.47. The molecule has 5 heteroatoms. The monoisotopic (exact) mass is 227 g/mol. The van der Waals surface area contributed by atoms with E-state index in [2.05, 4.69) is 4.72 Å². The van der Waals surface area contributed by atoms with Gasteiger partial charge in [0.15, 0.2) is 0 Å². The molecule has 0 rings (SSSR count). The van der Waals surface area contributed by atoms with Crippen molar-refractivity contribution in [2.24, 2.45) is 0 Å². The average Bonchev–Trinajstić information content (AvgIpc) is 2.14. The number of sulfonamides is 1. The smallest absolute Gasteiger partial charge is 0.211 e. The fourth-order valence-corrected chi connectivity index (χ4v) is 2.63. The van der Waals surface area contributed by atoms with Crippen LogP contribution in [0, 0.1) is 0 Å². The Morgan fingerprint density at radius 2 is 1.54 bits per heavy atom. The van der Waals surface area contributed by atoms with Gasteiger partial charge in [0, 0.05) is 5.54 Å². The van der Waals surface area contributed by atoms with Gasteiger partial charge < -0.3 is 0 Å². The second kappa shape index (κ2) is 5.17. The van der Waals surface area contributed by atoms with Gasteiger partial charge in [-0.2, -0.15) is 0 Å². The molecule has 0 aliphatic rings. The van der Waals surface area contributed by atoms with Crippen LogP contribution in [0.25, 0.3) is 0 Å². The highest BCUT2D eigenvalue weighted by atomic mass is 35.5. The van der Waals surface area contributed by atoms with Crippen molar-refractivity contribution in [2.45, 2.75) is 45.6 Å². The second-order valence-electron chi connectivity index (χ2n) is 3.17. The van der Waals surface area contributed by atoms with Gasteiger partial charge in [0.25, 0.3) is 0 Å². The topological polar surface area (TPSA) is 46.2 Å². The van der Waals surface area contributed by atoms with E-state index >= 15 is 0 Å². The molecule has 0 aromatic carbocycles. The molecule has 0 aromatic heterocycles. The molecule has 0 unspecified atom stereocenters. The third-order valence-electron chi connectivity index (χ3n) is 2.55. The molecule has 0 bridgehead atoms. The predicted octanol–water partition coefficient (Wildman–Crippen LogP) is 2.07. The molecule has 0 atom stereocenters. The van der Waals surface area contributed by atoms with Gasteiger partial charge >= 0.3 is 0 Å². The van der Waals surface area contributed by atoms with Crippen LogP contribution in [-0.4, -0.2) is 19.2 Å². The van der Waals surface area contributed by atoms with Gasteiger partial charge in [0.05, 0.1) is 0 Å². The lowest BCUT2D eigenvalue weighted by Gasteiger charge is -2.30. The summed E-state index contributed by atoms with van der Waals surface area (Å²) in [5.74, 6) is 0. The molecule has 80 valence electrons. The summed E-state index contributed by atoms with van der Waals surface area (Å²) in [6.45, 7) is 5.93. The lowest BCUT2D eigenvalue weighted by Crippen LogP contribution is -2.47. The molecule has 0 heterocycles. The molecule has 0 saturated carbocycles. The summed E-state index contributed by atoms with van der Waals surface area (Å²) in [6, 6.07) is 0. The summed E-state index contributed by atoms with van der Waals surface area (Å²) in [4.78, 5) is 0. The fraction of sp³-hybridized carbons (Fsp3) is 1.00. The number of nitrogens with one attached hydrogen (secondary N) is 1. The van der Waals surface area contributed by atoms with E-state index in [4.69, 9.17) is 11.6 Å². The molecule has 0 saturated heterocycles. The molecule has 0 fully saturated rings. The maximum atomic E-state index is 11.2. The maximum Gasteiger partial charge on any atom is 0.226 e. The summed E-state index contributed by atoms with van der Waals surface area (Å²) < 4.78 is 25.1. The molecule has 0 aliphatic heterocycles. The van der Waals surface area contributed by atoms with Crippen molar-refractivity contribution in [1.82, 2.24) is 4.72 Å². The standard InChI is InChI=1S/C8H18ClNO2S/c1-4-8(5-2,6-3)10-13(11,12)7-9/h10H,4-7H2,1-3H3. The van der Waals surface area contributed by atoms with Crippen molar-refractivity contribution < 1.29 is 8.42 Å². The molecule has 0 spiro atoms. The van der Waals surface area contributed by atoms with Crippen molar-refractivity contribution in [3.63, 3.8) is 0 Å². The third kappa shape index (κ3) is 3.83. The number of rotatable bonds is 6. The normalized spacial score (nSPS) is 13.2. The molecule has 0 radical (unpaired) electrons. The lowest BCUT2D eigenvalue weighted by atomic mass is 9.91. The highest BCUT2D eigenvalue weighted by molar-refractivity contribution is 7.90. The Bertz CT molecular complexity index is 226. The third-order valence-corrected chi connectivity index (χ3v) is 4.44. The summed E-state index contributed by atoms with van der Waals surface area (Å²) in [6.07, 6.45) is 2.36. The zero-order valence-corrected chi connectivity index (χ0v) is 10.0. The quantitative estimate of drug-likeness (QED) is 0.707. The summed E-state index contributed by atoms with van der Waals surface area (Å²) in [5, 5.41) is -0.366. The van der Waals surface area contributed by atoms with Crippen molar-refractivity contribution >= 4 is 21.6 Å². The summed E-state index contributed by atoms with van der Waals surface area (Å²) >= 11 is 5.32. The Balaban J connectivity index is 4.61. The molecule has 0 aromatic rings. The van der Waals surface area contributed by atoms with Crippen molar-refractivity contribution in [3.8, 4) is 0 Å². The Labute approximate surface area is 85.9 Å². The van der Waals surface area contributed by atoms with E-state index in [-0.39, 0.29) is 10.8 Å². The molecule has 1 N–H and O–H groups in total. The number of alkyl halides is 1. The van der Waals surface area contributed by atoms with E-state index in [1.165, 1.54) is 0 Å². The van der Waals surface area contributed by atoms with Gasteiger partial charge in [0.1, 0.15) is 5.21 Å². The fourth-order valence-electron chi connectivity index (χ4n) is 1.32. The molecular formula is C8H18ClNO2S. The molecular weight excluding hydrogens is 210 g/mol. The first-order chi connectivity index (χ1) is 5.95. The average molecular weight is 228 g/mol. The van der Waals surface area contributed by atoms with Crippen LogP contribution in [0.3, 0.4) is 0 Å². The highest BCUT2D eigenvalue weighted by Crippen LogP contribution is 2.20. The van der Waals surface area contributed by atoms with E-state index < -0.39 is 10.0 Å². The first-order valence-electron chi connectivity index (χ1n) is 4.53. The molecule has 0 amide bonds. The van der Waals surface area contributed by atoms with Gasteiger partial charge in [-0.1, -0.05) is 20.8 Å². The van der Waals surface area contributed by atoms with Gasteiger partial charge in [-0.25, -0.2) is 13.1 Å². The Kier molecular flexibility index (Phi) is 5.25. The maximum absolute atomic E-state index is 11.2. The van der Waals surface area contributed by atoms with Crippen LogP contribution in [0.5, 0.6) is 0 Å². The van der Waals surface area contributed by atoms with Crippen LogP contribution in [0.1, 0.15) is 40.0 Å². The minimum absolute atomic E-state index is 0.312.